The van der Waals surface area contributed by atoms with E-state index in [9.17, 15) is 0 Å². The molecule has 15 heavy (non-hydrogen) atoms. The molecule has 3 nitrogen and oxygen atoms in total. The van der Waals surface area contributed by atoms with Gasteiger partial charge in [0, 0.05) is 31.2 Å². The predicted molar refractivity (Wildman–Crippen MR) is 62.9 cm³/mol. The van der Waals surface area contributed by atoms with Crippen LogP contribution in [0.3, 0.4) is 0 Å². The maximum atomic E-state index is 8.89. The van der Waals surface area contributed by atoms with Gasteiger partial charge >= 0.3 is 0 Å². The Morgan fingerprint density at radius 1 is 1.33 bits per heavy atom. The molecular formula is C11H17ClN2O. The largest absolute Gasteiger partial charge is 0.395 e. The normalized spacial score (nSPS) is 10.9. The third-order valence-corrected chi connectivity index (χ3v) is 2.39. The van der Waals surface area contributed by atoms with E-state index >= 15 is 0 Å². The molecule has 0 aliphatic rings. The van der Waals surface area contributed by atoms with Crippen molar-refractivity contribution in [3.8, 4) is 0 Å². The molecule has 0 fully saturated rings. The van der Waals surface area contributed by atoms with Gasteiger partial charge in [-0.2, -0.15) is 0 Å². The van der Waals surface area contributed by atoms with Crippen molar-refractivity contribution in [3.63, 3.8) is 0 Å². The van der Waals surface area contributed by atoms with Crippen molar-refractivity contribution in [2.75, 3.05) is 26.2 Å². The van der Waals surface area contributed by atoms with Crippen LogP contribution in [-0.2, 0) is 6.54 Å². The summed E-state index contributed by atoms with van der Waals surface area (Å²) in [5.74, 6) is 0. The van der Waals surface area contributed by atoms with E-state index in [1.54, 1.807) is 0 Å². The Hall–Kier alpha value is -0.610. The first-order valence-corrected chi connectivity index (χ1v) is 5.42. The summed E-state index contributed by atoms with van der Waals surface area (Å²) < 4.78 is 0. The zero-order valence-corrected chi connectivity index (χ0v) is 9.45. The molecule has 84 valence electrons. The molecule has 0 atom stereocenters. The van der Waals surface area contributed by atoms with Gasteiger partial charge in [-0.1, -0.05) is 23.7 Å². The molecule has 3 N–H and O–H groups in total. The SMILES string of the molecule is NCCN(CCO)Cc1cccc(Cl)c1. The van der Waals surface area contributed by atoms with Gasteiger partial charge in [-0.05, 0) is 17.7 Å². The molecule has 0 aromatic heterocycles. The van der Waals surface area contributed by atoms with Gasteiger partial charge in [-0.15, -0.1) is 0 Å². The van der Waals surface area contributed by atoms with Crippen LogP contribution < -0.4 is 5.73 Å². The summed E-state index contributed by atoms with van der Waals surface area (Å²) in [6, 6.07) is 7.73. The smallest absolute Gasteiger partial charge is 0.0558 e. The van der Waals surface area contributed by atoms with Crippen molar-refractivity contribution in [1.29, 1.82) is 0 Å². The van der Waals surface area contributed by atoms with E-state index in [-0.39, 0.29) is 6.61 Å². The summed E-state index contributed by atoms with van der Waals surface area (Å²) in [6.45, 7) is 2.95. The minimum absolute atomic E-state index is 0.153. The molecule has 4 heteroatoms. The Morgan fingerprint density at radius 2 is 2.13 bits per heavy atom. The highest BCUT2D eigenvalue weighted by atomic mass is 35.5. The highest BCUT2D eigenvalue weighted by Crippen LogP contribution is 2.12. The summed E-state index contributed by atoms with van der Waals surface area (Å²) in [5, 5.41) is 9.63. The van der Waals surface area contributed by atoms with E-state index in [0.29, 0.717) is 13.1 Å². The Labute approximate surface area is 95.5 Å². The zero-order valence-electron chi connectivity index (χ0n) is 8.69. The number of aliphatic hydroxyl groups excluding tert-OH is 1. The Kier molecular flexibility index (Phi) is 5.65. The maximum Gasteiger partial charge on any atom is 0.0558 e. The average molecular weight is 229 g/mol. The van der Waals surface area contributed by atoms with Gasteiger partial charge in [0.2, 0.25) is 0 Å². The number of nitrogens with zero attached hydrogens (tertiary/aromatic N) is 1. The highest BCUT2D eigenvalue weighted by Gasteiger charge is 2.04. The first-order chi connectivity index (χ1) is 7.26. The van der Waals surface area contributed by atoms with E-state index in [0.717, 1.165) is 23.7 Å². The molecule has 0 unspecified atom stereocenters. The minimum atomic E-state index is 0.153. The maximum absolute atomic E-state index is 8.89. The fraction of sp³-hybridized carbons (Fsp3) is 0.455. The van der Waals surface area contributed by atoms with Gasteiger partial charge in [0.05, 0.1) is 6.61 Å². The van der Waals surface area contributed by atoms with Gasteiger partial charge in [-0.3, -0.25) is 4.90 Å². The Morgan fingerprint density at radius 3 is 2.73 bits per heavy atom. The zero-order chi connectivity index (χ0) is 11.1. The molecule has 0 bridgehead atoms. The standard InChI is InChI=1S/C11H17ClN2O/c12-11-3-1-2-10(8-11)9-14(5-4-13)6-7-15/h1-3,8,15H,4-7,9,13H2. The monoisotopic (exact) mass is 228 g/mol. The topological polar surface area (TPSA) is 49.5 Å². The first kappa shape index (κ1) is 12.5. The van der Waals surface area contributed by atoms with Crippen molar-refractivity contribution in [2.45, 2.75) is 6.54 Å². The van der Waals surface area contributed by atoms with Crippen LogP contribution in [0, 0.1) is 0 Å². The number of benzene rings is 1. The molecule has 0 spiro atoms. The van der Waals surface area contributed by atoms with E-state index in [1.165, 1.54) is 0 Å². The summed E-state index contributed by atoms with van der Waals surface area (Å²) in [4.78, 5) is 2.10. The van der Waals surface area contributed by atoms with Gasteiger partial charge in [0.1, 0.15) is 0 Å². The lowest BCUT2D eigenvalue weighted by atomic mass is 10.2. The van der Waals surface area contributed by atoms with Crippen LogP contribution in [0.2, 0.25) is 5.02 Å². The summed E-state index contributed by atoms with van der Waals surface area (Å²) >= 11 is 5.89. The number of aliphatic hydroxyl groups is 1. The van der Waals surface area contributed by atoms with Crippen LogP contribution in [-0.4, -0.2) is 36.2 Å². The molecule has 0 radical (unpaired) electrons. The van der Waals surface area contributed by atoms with E-state index < -0.39 is 0 Å². The molecule has 1 rings (SSSR count). The van der Waals surface area contributed by atoms with Crippen molar-refractivity contribution >= 4 is 11.6 Å². The van der Waals surface area contributed by atoms with Crippen LogP contribution >= 0.6 is 11.6 Å². The van der Waals surface area contributed by atoms with Crippen molar-refractivity contribution in [1.82, 2.24) is 4.90 Å². The molecule has 0 aliphatic heterocycles. The van der Waals surface area contributed by atoms with Gasteiger partial charge in [-0.25, -0.2) is 0 Å². The number of nitrogens with two attached hydrogens (primary N) is 1. The summed E-state index contributed by atoms with van der Waals surface area (Å²) in [5.41, 5.74) is 6.64. The molecular weight excluding hydrogens is 212 g/mol. The van der Waals surface area contributed by atoms with Gasteiger partial charge in [0.15, 0.2) is 0 Å². The van der Waals surface area contributed by atoms with Crippen molar-refractivity contribution in [3.05, 3.63) is 34.9 Å². The molecule has 1 aromatic carbocycles. The van der Waals surface area contributed by atoms with Crippen LogP contribution in [0.25, 0.3) is 0 Å². The Bertz CT molecular complexity index is 288. The highest BCUT2D eigenvalue weighted by molar-refractivity contribution is 6.30. The molecule has 0 aliphatic carbocycles. The first-order valence-electron chi connectivity index (χ1n) is 5.04. The van der Waals surface area contributed by atoms with Crippen LogP contribution in [0.5, 0.6) is 0 Å². The molecule has 0 amide bonds. The lowest BCUT2D eigenvalue weighted by Gasteiger charge is -2.20. The van der Waals surface area contributed by atoms with E-state index in [2.05, 4.69) is 4.90 Å². The minimum Gasteiger partial charge on any atom is -0.395 e. The average Bonchev–Trinajstić information content (AvgIpc) is 2.18. The van der Waals surface area contributed by atoms with Gasteiger partial charge < -0.3 is 10.8 Å². The lowest BCUT2D eigenvalue weighted by Crippen LogP contribution is -2.31. The quantitative estimate of drug-likeness (QED) is 0.767. The van der Waals surface area contributed by atoms with Crippen LogP contribution in [0.4, 0.5) is 0 Å². The Balaban J connectivity index is 2.56. The predicted octanol–water partition coefficient (Wildman–Crippen LogP) is 1.09. The van der Waals surface area contributed by atoms with E-state index in [1.807, 2.05) is 24.3 Å². The third kappa shape index (κ3) is 4.62. The van der Waals surface area contributed by atoms with Crippen LogP contribution in [0.1, 0.15) is 5.56 Å². The van der Waals surface area contributed by atoms with E-state index in [4.69, 9.17) is 22.4 Å². The van der Waals surface area contributed by atoms with Gasteiger partial charge in [0.25, 0.3) is 0 Å². The number of hydrogen-bond acceptors (Lipinski definition) is 3. The fourth-order valence-electron chi connectivity index (χ4n) is 1.49. The fourth-order valence-corrected chi connectivity index (χ4v) is 1.70. The second kappa shape index (κ2) is 6.80. The second-order valence-electron chi connectivity index (χ2n) is 3.42. The molecule has 1 aromatic rings. The van der Waals surface area contributed by atoms with Crippen molar-refractivity contribution in [2.24, 2.45) is 5.73 Å². The summed E-state index contributed by atoms with van der Waals surface area (Å²) in [6.07, 6.45) is 0. The lowest BCUT2D eigenvalue weighted by molar-refractivity contribution is 0.194. The third-order valence-electron chi connectivity index (χ3n) is 2.16. The number of halogens is 1. The molecule has 0 heterocycles. The molecule has 0 saturated carbocycles. The second-order valence-corrected chi connectivity index (χ2v) is 3.85. The van der Waals surface area contributed by atoms with Crippen molar-refractivity contribution < 1.29 is 5.11 Å². The number of rotatable bonds is 6. The molecule has 0 saturated heterocycles. The number of hydrogen-bond donors (Lipinski definition) is 2. The van der Waals surface area contributed by atoms with Crippen LogP contribution in [0.15, 0.2) is 24.3 Å². The summed E-state index contributed by atoms with van der Waals surface area (Å²) in [7, 11) is 0.